The Hall–Kier alpha value is -0.770. The maximum atomic E-state index is 10.4. The molecule has 1 saturated heterocycles. The lowest BCUT2D eigenvalue weighted by atomic mass is 10.3. The SMILES string of the molecule is CN(C)C1COC(=O)OC1. The van der Waals surface area contributed by atoms with E-state index in [9.17, 15) is 4.79 Å². The van der Waals surface area contributed by atoms with E-state index in [1.165, 1.54) is 0 Å². The van der Waals surface area contributed by atoms with Crippen molar-refractivity contribution in [1.29, 1.82) is 0 Å². The molecule has 10 heavy (non-hydrogen) atoms. The van der Waals surface area contributed by atoms with Gasteiger partial charge in [-0.1, -0.05) is 0 Å². The fraction of sp³-hybridized carbons (Fsp3) is 0.833. The van der Waals surface area contributed by atoms with Gasteiger partial charge < -0.3 is 14.4 Å². The number of rotatable bonds is 1. The highest BCUT2D eigenvalue weighted by molar-refractivity contribution is 5.60. The van der Waals surface area contributed by atoms with Gasteiger partial charge in [-0.2, -0.15) is 0 Å². The van der Waals surface area contributed by atoms with E-state index in [-0.39, 0.29) is 6.04 Å². The van der Waals surface area contributed by atoms with Crippen molar-refractivity contribution in [2.45, 2.75) is 6.04 Å². The second-order valence-corrected chi connectivity index (χ2v) is 2.49. The minimum atomic E-state index is -0.557. The zero-order chi connectivity index (χ0) is 7.56. The molecule has 0 spiro atoms. The van der Waals surface area contributed by atoms with Crippen LogP contribution >= 0.6 is 0 Å². The molecule has 0 aliphatic carbocycles. The number of likely N-dealkylation sites (N-methyl/N-ethyl adjacent to an activating group) is 1. The standard InChI is InChI=1S/C6H11NO3/c1-7(2)5-3-9-6(8)10-4-5/h5H,3-4H2,1-2H3. The molecule has 1 rings (SSSR count). The molecule has 0 aromatic carbocycles. The summed E-state index contributed by atoms with van der Waals surface area (Å²) in [7, 11) is 3.85. The highest BCUT2D eigenvalue weighted by Crippen LogP contribution is 2.03. The van der Waals surface area contributed by atoms with Crippen molar-refractivity contribution < 1.29 is 14.3 Å². The van der Waals surface area contributed by atoms with Gasteiger partial charge in [-0.25, -0.2) is 4.79 Å². The summed E-state index contributed by atoms with van der Waals surface area (Å²) in [6.45, 7) is 0.873. The molecule has 4 heteroatoms. The van der Waals surface area contributed by atoms with Crippen LogP contribution in [0.2, 0.25) is 0 Å². The van der Waals surface area contributed by atoms with Crippen LogP contribution in [0.5, 0.6) is 0 Å². The van der Waals surface area contributed by atoms with E-state index in [1.807, 2.05) is 19.0 Å². The predicted octanol–water partition coefficient (Wildman–Crippen LogP) is 0.0834. The quantitative estimate of drug-likeness (QED) is 0.490. The number of nitrogens with zero attached hydrogens (tertiary/aromatic N) is 1. The van der Waals surface area contributed by atoms with Crippen LogP contribution in [-0.4, -0.2) is 44.4 Å². The first-order chi connectivity index (χ1) is 4.70. The van der Waals surface area contributed by atoms with Gasteiger partial charge >= 0.3 is 6.16 Å². The van der Waals surface area contributed by atoms with Crippen LogP contribution in [0, 0.1) is 0 Å². The maximum absolute atomic E-state index is 10.4. The molecule has 0 N–H and O–H groups in total. The molecule has 0 unspecified atom stereocenters. The topological polar surface area (TPSA) is 38.8 Å². The molecule has 0 radical (unpaired) electrons. The first-order valence-corrected chi connectivity index (χ1v) is 3.16. The van der Waals surface area contributed by atoms with Crippen molar-refractivity contribution in [3.63, 3.8) is 0 Å². The Kier molecular flexibility index (Phi) is 2.11. The molecule has 0 aromatic heterocycles. The van der Waals surface area contributed by atoms with Gasteiger partial charge in [-0.15, -0.1) is 0 Å². The average molecular weight is 145 g/mol. The summed E-state index contributed by atoms with van der Waals surface area (Å²) in [5, 5.41) is 0. The molecule has 1 aliphatic heterocycles. The molecule has 0 amide bonds. The molecule has 0 aromatic rings. The molecule has 4 nitrogen and oxygen atoms in total. The van der Waals surface area contributed by atoms with Gasteiger partial charge in [-0.05, 0) is 14.1 Å². The fourth-order valence-electron chi connectivity index (χ4n) is 0.716. The largest absolute Gasteiger partial charge is 0.508 e. The molecule has 0 saturated carbocycles. The van der Waals surface area contributed by atoms with E-state index in [0.717, 1.165) is 0 Å². The van der Waals surface area contributed by atoms with Crippen LogP contribution in [0.25, 0.3) is 0 Å². The van der Waals surface area contributed by atoms with E-state index in [2.05, 4.69) is 9.47 Å². The van der Waals surface area contributed by atoms with Gasteiger partial charge in [0, 0.05) is 0 Å². The van der Waals surface area contributed by atoms with E-state index in [1.54, 1.807) is 0 Å². The first-order valence-electron chi connectivity index (χ1n) is 3.16. The van der Waals surface area contributed by atoms with Gasteiger partial charge in [0.2, 0.25) is 0 Å². The predicted molar refractivity (Wildman–Crippen MR) is 34.8 cm³/mol. The number of ether oxygens (including phenoxy) is 2. The Bertz CT molecular complexity index is 125. The van der Waals surface area contributed by atoms with Gasteiger partial charge in [0.1, 0.15) is 13.2 Å². The van der Waals surface area contributed by atoms with Crippen molar-refractivity contribution in [1.82, 2.24) is 4.90 Å². The minimum Gasteiger partial charge on any atom is -0.432 e. The van der Waals surface area contributed by atoms with Crippen LogP contribution in [0.4, 0.5) is 4.79 Å². The van der Waals surface area contributed by atoms with Gasteiger partial charge in [-0.3, -0.25) is 0 Å². The van der Waals surface area contributed by atoms with Crippen LogP contribution in [0.1, 0.15) is 0 Å². The highest BCUT2D eigenvalue weighted by Gasteiger charge is 2.21. The van der Waals surface area contributed by atoms with Crippen molar-refractivity contribution in [3.05, 3.63) is 0 Å². The van der Waals surface area contributed by atoms with Gasteiger partial charge in [0.25, 0.3) is 0 Å². The van der Waals surface area contributed by atoms with Crippen molar-refractivity contribution >= 4 is 6.16 Å². The number of hydrogen-bond acceptors (Lipinski definition) is 4. The maximum Gasteiger partial charge on any atom is 0.508 e. The zero-order valence-corrected chi connectivity index (χ0v) is 6.16. The molecule has 1 fully saturated rings. The average Bonchev–Trinajstić information content (AvgIpc) is 1.88. The molecule has 1 aliphatic rings. The first kappa shape index (κ1) is 7.34. The summed E-state index contributed by atoms with van der Waals surface area (Å²) in [5.74, 6) is 0. The summed E-state index contributed by atoms with van der Waals surface area (Å²) in [4.78, 5) is 12.3. The Morgan fingerprint density at radius 3 is 2.30 bits per heavy atom. The minimum absolute atomic E-state index is 0.206. The Morgan fingerprint density at radius 2 is 1.90 bits per heavy atom. The molecular formula is C6H11NO3. The Labute approximate surface area is 59.7 Å². The van der Waals surface area contributed by atoms with Crippen LogP contribution in [0.15, 0.2) is 0 Å². The lowest BCUT2D eigenvalue weighted by molar-refractivity contribution is -0.0218. The lowest BCUT2D eigenvalue weighted by Gasteiger charge is -2.26. The summed E-state index contributed by atoms with van der Waals surface area (Å²) in [6, 6.07) is 0.206. The Morgan fingerprint density at radius 1 is 1.40 bits per heavy atom. The Balaban J connectivity index is 2.33. The normalized spacial score (nSPS) is 20.5. The van der Waals surface area contributed by atoms with Crippen LogP contribution in [-0.2, 0) is 9.47 Å². The van der Waals surface area contributed by atoms with E-state index < -0.39 is 6.16 Å². The number of cyclic esters (lactones) is 2. The van der Waals surface area contributed by atoms with Gasteiger partial charge in [0.15, 0.2) is 0 Å². The number of hydrogen-bond donors (Lipinski definition) is 0. The molecule has 0 bridgehead atoms. The molecule has 0 atom stereocenters. The van der Waals surface area contributed by atoms with Crippen LogP contribution < -0.4 is 0 Å². The van der Waals surface area contributed by atoms with E-state index in [4.69, 9.17) is 0 Å². The second-order valence-electron chi connectivity index (χ2n) is 2.49. The molecule has 58 valence electrons. The summed E-state index contributed by atoms with van der Waals surface area (Å²) < 4.78 is 9.30. The highest BCUT2D eigenvalue weighted by atomic mass is 16.7. The smallest absolute Gasteiger partial charge is 0.432 e. The summed E-state index contributed by atoms with van der Waals surface area (Å²) in [5.41, 5.74) is 0. The molecular weight excluding hydrogens is 134 g/mol. The van der Waals surface area contributed by atoms with Gasteiger partial charge in [0.05, 0.1) is 6.04 Å². The van der Waals surface area contributed by atoms with Crippen LogP contribution in [0.3, 0.4) is 0 Å². The third-order valence-corrected chi connectivity index (χ3v) is 1.52. The van der Waals surface area contributed by atoms with E-state index in [0.29, 0.717) is 13.2 Å². The molecule has 1 heterocycles. The van der Waals surface area contributed by atoms with E-state index >= 15 is 0 Å². The van der Waals surface area contributed by atoms with Crippen molar-refractivity contribution in [2.24, 2.45) is 0 Å². The number of carbonyl (C=O) groups is 1. The van der Waals surface area contributed by atoms with Crippen molar-refractivity contribution in [3.8, 4) is 0 Å². The zero-order valence-electron chi connectivity index (χ0n) is 6.16. The third-order valence-electron chi connectivity index (χ3n) is 1.52. The second kappa shape index (κ2) is 2.88. The third kappa shape index (κ3) is 1.60. The summed E-state index contributed by atoms with van der Waals surface area (Å²) >= 11 is 0. The van der Waals surface area contributed by atoms with Crippen molar-refractivity contribution in [2.75, 3.05) is 27.3 Å². The monoisotopic (exact) mass is 145 g/mol. The number of carbonyl (C=O) groups excluding carboxylic acids is 1. The summed E-state index contributed by atoms with van der Waals surface area (Å²) in [6.07, 6.45) is -0.557. The lowest BCUT2D eigenvalue weighted by Crippen LogP contribution is -2.41. The fourth-order valence-corrected chi connectivity index (χ4v) is 0.716.